The van der Waals surface area contributed by atoms with Crippen molar-refractivity contribution >= 4 is 11.4 Å². The summed E-state index contributed by atoms with van der Waals surface area (Å²) in [7, 11) is 2.09. The van der Waals surface area contributed by atoms with Crippen molar-refractivity contribution in [2.24, 2.45) is 0 Å². The number of hydrogen-bond donors (Lipinski definition) is 1. The van der Waals surface area contributed by atoms with Crippen molar-refractivity contribution in [3.05, 3.63) is 33.9 Å². The molecular formula is C14H21N3O2. The number of non-ortho nitro benzene ring substituents is 1. The number of aryl methyl sites for hydroxylation is 1. The highest BCUT2D eigenvalue weighted by atomic mass is 16.6. The van der Waals surface area contributed by atoms with E-state index in [1.165, 1.54) is 12.8 Å². The van der Waals surface area contributed by atoms with Crippen LogP contribution < -0.4 is 10.2 Å². The lowest BCUT2D eigenvalue weighted by Crippen LogP contribution is -2.32. The highest BCUT2D eigenvalue weighted by Gasteiger charge is 2.19. The van der Waals surface area contributed by atoms with E-state index >= 15 is 0 Å². The van der Waals surface area contributed by atoms with Crippen molar-refractivity contribution in [2.45, 2.75) is 32.2 Å². The monoisotopic (exact) mass is 263 g/mol. The fraction of sp³-hybridized carbons (Fsp3) is 0.571. The van der Waals surface area contributed by atoms with E-state index in [1.807, 2.05) is 13.0 Å². The first-order valence-corrected chi connectivity index (χ1v) is 6.78. The minimum atomic E-state index is -0.341. The van der Waals surface area contributed by atoms with E-state index in [9.17, 15) is 10.1 Å². The summed E-state index contributed by atoms with van der Waals surface area (Å²) in [6, 6.07) is 5.62. The number of nitro groups is 1. The molecule has 0 aliphatic carbocycles. The maximum Gasteiger partial charge on any atom is 0.269 e. The molecule has 104 valence electrons. The van der Waals surface area contributed by atoms with Gasteiger partial charge in [-0.2, -0.15) is 0 Å². The van der Waals surface area contributed by atoms with Crippen LogP contribution in [0, 0.1) is 17.0 Å². The molecule has 1 aliphatic heterocycles. The first-order chi connectivity index (χ1) is 9.09. The molecule has 5 heteroatoms. The van der Waals surface area contributed by atoms with Crippen molar-refractivity contribution in [1.82, 2.24) is 5.32 Å². The zero-order chi connectivity index (χ0) is 13.8. The number of nitrogens with one attached hydrogen (secondary N) is 1. The highest BCUT2D eigenvalue weighted by Crippen LogP contribution is 2.27. The molecule has 1 saturated heterocycles. The van der Waals surface area contributed by atoms with Crippen LogP contribution in [0.15, 0.2) is 18.2 Å². The third kappa shape index (κ3) is 3.23. The van der Waals surface area contributed by atoms with E-state index < -0.39 is 0 Å². The van der Waals surface area contributed by atoms with Crippen molar-refractivity contribution < 1.29 is 4.92 Å². The second-order valence-corrected chi connectivity index (χ2v) is 5.17. The van der Waals surface area contributed by atoms with Gasteiger partial charge < -0.3 is 10.2 Å². The fourth-order valence-corrected chi connectivity index (χ4v) is 2.73. The summed E-state index contributed by atoms with van der Waals surface area (Å²) in [5.41, 5.74) is 2.23. The zero-order valence-electron chi connectivity index (χ0n) is 11.6. The Bertz CT molecular complexity index is 454. The second-order valence-electron chi connectivity index (χ2n) is 5.17. The summed E-state index contributed by atoms with van der Waals surface area (Å²) in [4.78, 5) is 12.7. The number of benzene rings is 1. The molecule has 19 heavy (non-hydrogen) atoms. The van der Waals surface area contributed by atoms with E-state index in [0.29, 0.717) is 6.04 Å². The molecule has 1 atom stereocenters. The van der Waals surface area contributed by atoms with E-state index in [0.717, 1.165) is 30.8 Å². The average molecular weight is 263 g/mol. The summed E-state index contributed by atoms with van der Waals surface area (Å²) in [5, 5.41) is 14.2. The average Bonchev–Trinajstić information content (AvgIpc) is 2.66. The Labute approximate surface area is 113 Å². The van der Waals surface area contributed by atoms with Gasteiger partial charge in [-0.15, -0.1) is 0 Å². The maximum absolute atomic E-state index is 10.8. The molecular weight excluding hydrogens is 242 g/mol. The van der Waals surface area contributed by atoms with Gasteiger partial charge in [0.05, 0.1) is 4.92 Å². The lowest BCUT2D eigenvalue weighted by molar-refractivity contribution is -0.384. The molecule has 0 amide bonds. The number of hydrogen-bond acceptors (Lipinski definition) is 4. The molecule has 2 rings (SSSR count). The Morgan fingerprint density at radius 1 is 1.37 bits per heavy atom. The van der Waals surface area contributed by atoms with Gasteiger partial charge in [0.1, 0.15) is 0 Å². The van der Waals surface area contributed by atoms with Gasteiger partial charge in [-0.05, 0) is 50.9 Å². The highest BCUT2D eigenvalue weighted by molar-refractivity contribution is 5.57. The fourth-order valence-electron chi connectivity index (χ4n) is 2.73. The number of rotatable bonds is 3. The van der Waals surface area contributed by atoms with Gasteiger partial charge in [0, 0.05) is 30.9 Å². The Balaban J connectivity index is 2.18. The molecule has 1 fully saturated rings. The molecule has 0 bridgehead atoms. The van der Waals surface area contributed by atoms with Crippen LogP contribution in [0.25, 0.3) is 0 Å². The van der Waals surface area contributed by atoms with Gasteiger partial charge in [-0.25, -0.2) is 0 Å². The minimum absolute atomic E-state index is 0.164. The van der Waals surface area contributed by atoms with Gasteiger partial charge in [-0.1, -0.05) is 0 Å². The molecule has 1 aromatic rings. The van der Waals surface area contributed by atoms with Crippen molar-refractivity contribution in [2.75, 3.05) is 25.0 Å². The summed E-state index contributed by atoms with van der Waals surface area (Å²) < 4.78 is 0. The molecule has 1 heterocycles. The summed E-state index contributed by atoms with van der Waals surface area (Å²) >= 11 is 0. The van der Waals surface area contributed by atoms with Gasteiger partial charge in [-0.3, -0.25) is 10.1 Å². The molecule has 0 radical (unpaired) electrons. The maximum atomic E-state index is 10.8. The van der Waals surface area contributed by atoms with Crippen LogP contribution in [0.3, 0.4) is 0 Å². The van der Waals surface area contributed by atoms with Gasteiger partial charge in [0.15, 0.2) is 0 Å². The van der Waals surface area contributed by atoms with Crippen molar-refractivity contribution in [1.29, 1.82) is 0 Å². The second kappa shape index (κ2) is 6.02. The third-order valence-electron chi connectivity index (χ3n) is 3.86. The van der Waals surface area contributed by atoms with Gasteiger partial charge >= 0.3 is 0 Å². The van der Waals surface area contributed by atoms with Crippen molar-refractivity contribution in [3.63, 3.8) is 0 Å². The Hall–Kier alpha value is -1.62. The molecule has 0 saturated carbocycles. The van der Waals surface area contributed by atoms with Crippen LogP contribution in [-0.2, 0) is 0 Å². The van der Waals surface area contributed by atoms with Gasteiger partial charge in [0.2, 0.25) is 0 Å². The van der Waals surface area contributed by atoms with E-state index in [4.69, 9.17) is 0 Å². The standard InChI is InChI=1S/C14H21N3O2/c1-11-10-13(17(18)19)5-6-14(11)16(2)12-4-3-8-15-9-7-12/h5-6,10,12,15H,3-4,7-9H2,1-2H3. The minimum Gasteiger partial charge on any atom is -0.371 e. The Morgan fingerprint density at radius 3 is 2.84 bits per heavy atom. The van der Waals surface area contributed by atoms with Gasteiger partial charge in [0.25, 0.3) is 5.69 Å². The van der Waals surface area contributed by atoms with E-state index in [1.54, 1.807) is 12.1 Å². The van der Waals surface area contributed by atoms with Crippen LogP contribution in [-0.4, -0.2) is 31.1 Å². The summed E-state index contributed by atoms with van der Waals surface area (Å²) in [6.07, 6.45) is 3.47. The smallest absolute Gasteiger partial charge is 0.269 e. The predicted octanol–water partition coefficient (Wildman–Crippen LogP) is 2.48. The normalized spacial score (nSPS) is 19.8. The van der Waals surface area contributed by atoms with Crippen LogP contribution in [0.4, 0.5) is 11.4 Å². The summed E-state index contributed by atoms with van der Waals surface area (Å²) in [5.74, 6) is 0. The number of nitro benzene ring substituents is 1. The van der Waals surface area contributed by atoms with E-state index in [-0.39, 0.29) is 10.6 Å². The predicted molar refractivity (Wildman–Crippen MR) is 76.7 cm³/mol. The summed E-state index contributed by atoms with van der Waals surface area (Å²) in [6.45, 7) is 4.07. The Morgan fingerprint density at radius 2 is 2.16 bits per heavy atom. The molecule has 0 spiro atoms. The molecule has 0 aromatic heterocycles. The molecule has 1 unspecified atom stereocenters. The lowest BCUT2D eigenvalue weighted by Gasteiger charge is -2.30. The van der Waals surface area contributed by atoms with Crippen LogP contribution >= 0.6 is 0 Å². The molecule has 5 nitrogen and oxygen atoms in total. The quantitative estimate of drug-likeness (QED) is 0.672. The van der Waals surface area contributed by atoms with E-state index in [2.05, 4.69) is 17.3 Å². The Kier molecular flexibility index (Phi) is 4.37. The topological polar surface area (TPSA) is 58.4 Å². The van der Waals surface area contributed by atoms with Crippen LogP contribution in [0.5, 0.6) is 0 Å². The molecule has 1 aliphatic rings. The zero-order valence-corrected chi connectivity index (χ0v) is 11.6. The van der Waals surface area contributed by atoms with Crippen LogP contribution in [0.1, 0.15) is 24.8 Å². The van der Waals surface area contributed by atoms with Crippen LogP contribution in [0.2, 0.25) is 0 Å². The molecule has 1 N–H and O–H groups in total. The number of nitrogens with zero attached hydrogens (tertiary/aromatic N) is 2. The molecule has 1 aromatic carbocycles. The SMILES string of the molecule is Cc1cc([N+](=O)[O-])ccc1N(C)C1CCCNCC1. The lowest BCUT2D eigenvalue weighted by atomic mass is 10.1. The first-order valence-electron chi connectivity index (χ1n) is 6.78. The first kappa shape index (κ1) is 13.8. The van der Waals surface area contributed by atoms with Crippen molar-refractivity contribution in [3.8, 4) is 0 Å². The third-order valence-corrected chi connectivity index (χ3v) is 3.86. The largest absolute Gasteiger partial charge is 0.371 e. The number of anilines is 1.